The molecule has 30 heavy (non-hydrogen) atoms. The van der Waals surface area contributed by atoms with Gasteiger partial charge in [0.25, 0.3) is 0 Å². The molecule has 1 aromatic carbocycles. The molecule has 0 bridgehead atoms. The minimum atomic E-state index is -0.113. The van der Waals surface area contributed by atoms with Crippen molar-refractivity contribution in [1.29, 1.82) is 0 Å². The number of hydrogen-bond acceptors (Lipinski definition) is 7. The summed E-state index contributed by atoms with van der Waals surface area (Å²) in [4.78, 5) is 17.0. The van der Waals surface area contributed by atoms with Crippen LogP contribution in [-0.2, 0) is 16.1 Å². The quantitative estimate of drug-likeness (QED) is 0.615. The largest absolute Gasteiger partial charge is 0.494 e. The summed E-state index contributed by atoms with van der Waals surface area (Å²) in [7, 11) is 0. The van der Waals surface area contributed by atoms with Crippen LogP contribution in [0.2, 0.25) is 0 Å². The maximum Gasteiger partial charge on any atom is 0.247 e. The Bertz CT molecular complexity index is 817. The van der Waals surface area contributed by atoms with Crippen molar-refractivity contribution in [3.63, 3.8) is 0 Å². The van der Waals surface area contributed by atoms with Gasteiger partial charge in [0, 0.05) is 18.7 Å². The maximum atomic E-state index is 12.9. The van der Waals surface area contributed by atoms with E-state index >= 15 is 0 Å². The molecule has 1 aromatic heterocycles. The van der Waals surface area contributed by atoms with Crippen LogP contribution in [0.1, 0.15) is 38.5 Å². The van der Waals surface area contributed by atoms with Crippen molar-refractivity contribution >= 4 is 5.91 Å². The number of ether oxygens (including phenoxy) is 2. The highest BCUT2D eigenvalue weighted by Gasteiger charge is 2.35. The van der Waals surface area contributed by atoms with Crippen LogP contribution in [-0.4, -0.2) is 71.4 Å². The summed E-state index contributed by atoms with van der Waals surface area (Å²) in [6.07, 6.45) is 4.02. The van der Waals surface area contributed by atoms with Gasteiger partial charge < -0.3 is 18.8 Å². The summed E-state index contributed by atoms with van der Waals surface area (Å²) in [5.41, 5.74) is 0.860. The van der Waals surface area contributed by atoms with Crippen molar-refractivity contribution in [1.82, 2.24) is 20.0 Å². The Balaban J connectivity index is 1.36. The van der Waals surface area contributed by atoms with Gasteiger partial charge in [0.2, 0.25) is 17.7 Å². The molecule has 4 rings (SSSR count). The highest BCUT2D eigenvalue weighted by Crippen LogP contribution is 2.25. The van der Waals surface area contributed by atoms with Crippen molar-refractivity contribution < 1.29 is 18.7 Å². The van der Waals surface area contributed by atoms with Gasteiger partial charge >= 0.3 is 0 Å². The Morgan fingerprint density at radius 3 is 2.73 bits per heavy atom. The van der Waals surface area contributed by atoms with Gasteiger partial charge in [-0.3, -0.25) is 9.69 Å². The summed E-state index contributed by atoms with van der Waals surface area (Å²) >= 11 is 0. The van der Waals surface area contributed by atoms with Crippen molar-refractivity contribution in [2.24, 2.45) is 0 Å². The molecule has 2 aliphatic heterocycles. The molecule has 0 spiro atoms. The zero-order chi connectivity index (χ0) is 20.8. The molecule has 2 fully saturated rings. The van der Waals surface area contributed by atoms with Gasteiger partial charge in [-0.2, -0.15) is 0 Å². The third-order valence-electron chi connectivity index (χ3n) is 5.64. The van der Waals surface area contributed by atoms with Gasteiger partial charge in [-0.15, -0.1) is 10.2 Å². The lowest BCUT2D eigenvalue weighted by Crippen LogP contribution is -2.49. The smallest absolute Gasteiger partial charge is 0.247 e. The van der Waals surface area contributed by atoms with Crippen LogP contribution in [0.3, 0.4) is 0 Å². The van der Waals surface area contributed by atoms with Gasteiger partial charge in [0.15, 0.2) is 0 Å². The summed E-state index contributed by atoms with van der Waals surface area (Å²) in [5, 5.41) is 8.41. The lowest BCUT2D eigenvalue weighted by atomic mass is 10.2. The number of aromatic nitrogens is 2. The normalized spacial score (nSPS) is 19.9. The molecule has 2 aromatic rings. The minimum Gasteiger partial charge on any atom is -0.494 e. The molecule has 1 amide bonds. The minimum absolute atomic E-state index is 0.113. The average molecular weight is 415 g/mol. The SMILES string of the molecule is CCCCOc1ccc(-c2nnc(CN3CCCC3C(=O)N3CCOCC3)o2)cc1. The predicted molar refractivity (Wildman–Crippen MR) is 111 cm³/mol. The molecule has 3 heterocycles. The van der Waals surface area contributed by atoms with E-state index in [1.807, 2.05) is 29.2 Å². The van der Waals surface area contributed by atoms with Gasteiger partial charge in [0.1, 0.15) is 5.75 Å². The lowest BCUT2D eigenvalue weighted by Gasteiger charge is -2.32. The molecular formula is C22H30N4O4. The number of likely N-dealkylation sites (tertiary alicyclic amines) is 1. The van der Waals surface area contributed by atoms with Gasteiger partial charge in [-0.25, -0.2) is 0 Å². The topological polar surface area (TPSA) is 80.9 Å². The van der Waals surface area contributed by atoms with Crippen LogP contribution in [0.5, 0.6) is 5.75 Å². The molecule has 0 N–H and O–H groups in total. The molecule has 0 aliphatic carbocycles. The average Bonchev–Trinajstić information content (AvgIpc) is 3.45. The van der Waals surface area contributed by atoms with E-state index in [1.165, 1.54) is 0 Å². The number of unbranched alkanes of at least 4 members (excludes halogenated alkanes) is 1. The fraction of sp³-hybridized carbons (Fsp3) is 0.591. The van der Waals surface area contributed by atoms with E-state index in [-0.39, 0.29) is 11.9 Å². The number of carbonyl (C=O) groups excluding carboxylic acids is 1. The van der Waals surface area contributed by atoms with Crippen molar-refractivity contribution in [3.05, 3.63) is 30.2 Å². The Kier molecular flexibility index (Phi) is 6.96. The fourth-order valence-corrected chi connectivity index (χ4v) is 3.93. The van der Waals surface area contributed by atoms with Crippen LogP contribution in [0, 0.1) is 0 Å². The van der Waals surface area contributed by atoms with E-state index in [1.54, 1.807) is 0 Å². The van der Waals surface area contributed by atoms with Gasteiger partial charge in [-0.1, -0.05) is 13.3 Å². The molecule has 8 nitrogen and oxygen atoms in total. The first-order valence-electron chi connectivity index (χ1n) is 10.9. The van der Waals surface area contributed by atoms with Crippen molar-refractivity contribution in [2.45, 2.75) is 45.2 Å². The third-order valence-corrected chi connectivity index (χ3v) is 5.64. The van der Waals surface area contributed by atoms with E-state index in [9.17, 15) is 4.79 Å². The summed E-state index contributed by atoms with van der Waals surface area (Å²) in [5.74, 6) is 2.05. The summed E-state index contributed by atoms with van der Waals surface area (Å²) in [6, 6.07) is 7.59. The number of hydrogen-bond donors (Lipinski definition) is 0. The van der Waals surface area contributed by atoms with E-state index in [0.29, 0.717) is 44.6 Å². The van der Waals surface area contributed by atoms with Crippen LogP contribution in [0.15, 0.2) is 28.7 Å². The first kappa shape index (κ1) is 20.8. The Morgan fingerprint density at radius 1 is 1.17 bits per heavy atom. The number of amides is 1. The first-order valence-corrected chi connectivity index (χ1v) is 10.9. The molecule has 2 saturated heterocycles. The van der Waals surface area contributed by atoms with Gasteiger partial charge in [-0.05, 0) is 50.1 Å². The third kappa shape index (κ3) is 4.99. The van der Waals surface area contributed by atoms with E-state index < -0.39 is 0 Å². The standard InChI is InChI=1S/C22H30N4O4/c1-2-3-13-29-18-8-6-17(7-9-18)21-24-23-20(30-21)16-26-10-4-5-19(26)22(27)25-11-14-28-15-12-25/h6-9,19H,2-5,10-16H2,1H3. The van der Waals surface area contributed by atoms with Crippen LogP contribution in [0.4, 0.5) is 0 Å². The highest BCUT2D eigenvalue weighted by molar-refractivity contribution is 5.82. The lowest BCUT2D eigenvalue weighted by molar-refractivity contribution is -0.140. The number of benzene rings is 1. The number of nitrogens with zero attached hydrogens (tertiary/aromatic N) is 4. The monoisotopic (exact) mass is 414 g/mol. The number of carbonyl (C=O) groups is 1. The molecule has 162 valence electrons. The zero-order valence-corrected chi connectivity index (χ0v) is 17.6. The number of rotatable bonds is 8. The van der Waals surface area contributed by atoms with Crippen molar-refractivity contribution in [3.8, 4) is 17.2 Å². The zero-order valence-electron chi connectivity index (χ0n) is 17.6. The van der Waals surface area contributed by atoms with Crippen LogP contribution in [0.25, 0.3) is 11.5 Å². The molecule has 8 heteroatoms. The van der Waals surface area contributed by atoms with E-state index in [0.717, 1.165) is 50.1 Å². The molecule has 2 aliphatic rings. The second-order valence-corrected chi connectivity index (χ2v) is 7.79. The van der Waals surface area contributed by atoms with E-state index in [2.05, 4.69) is 22.0 Å². The van der Waals surface area contributed by atoms with Crippen LogP contribution < -0.4 is 4.74 Å². The maximum absolute atomic E-state index is 12.9. The second-order valence-electron chi connectivity index (χ2n) is 7.79. The fourth-order valence-electron chi connectivity index (χ4n) is 3.93. The Morgan fingerprint density at radius 2 is 1.97 bits per heavy atom. The number of morpholine rings is 1. The van der Waals surface area contributed by atoms with E-state index in [4.69, 9.17) is 13.9 Å². The highest BCUT2D eigenvalue weighted by atomic mass is 16.5. The molecule has 1 unspecified atom stereocenters. The predicted octanol–water partition coefficient (Wildman–Crippen LogP) is 2.74. The molecule has 1 atom stereocenters. The second kappa shape index (κ2) is 10.0. The molecule has 0 radical (unpaired) electrons. The first-order chi connectivity index (χ1) is 14.7. The summed E-state index contributed by atoms with van der Waals surface area (Å²) < 4.78 is 17.0. The molecule has 0 saturated carbocycles. The van der Waals surface area contributed by atoms with Gasteiger partial charge in [0.05, 0.1) is 32.4 Å². The van der Waals surface area contributed by atoms with Crippen molar-refractivity contribution in [2.75, 3.05) is 39.5 Å². The summed E-state index contributed by atoms with van der Waals surface area (Å²) in [6.45, 7) is 6.80. The van der Waals surface area contributed by atoms with Crippen LogP contribution >= 0.6 is 0 Å². The molecular weight excluding hydrogens is 384 g/mol. The Hall–Kier alpha value is -2.45. The Labute approximate surface area is 177 Å².